The number of rotatable bonds is 8. The molecule has 3 aromatic rings. The van der Waals surface area contributed by atoms with Crippen LogP contribution in [0.1, 0.15) is 11.3 Å². The predicted octanol–water partition coefficient (Wildman–Crippen LogP) is 3.19. The minimum atomic E-state index is -3.90. The lowest BCUT2D eigenvalue weighted by atomic mass is 10.2. The molecule has 0 spiro atoms. The van der Waals surface area contributed by atoms with Crippen molar-refractivity contribution in [3.05, 3.63) is 94.7 Å². The Bertz CT molecular complexity index is 1110. The van der Waals surface area contributed by atoms with Gasteiger partial charge in [0.1, 0.15) is 0 Å². The van der Waals surface area contributed by atoms with E-state index in [1.54, 1.807) is 48.7 Å². The molecule has 30 heavy (non-hydrogen) atoms. The molecule has 154 valence electrons. The molecule has 9 heteroatoms. The summed E-state index contributed by atoms with van der Waals surface area (Å²) in [4.78, 5) is 16.6. The maximum Gasteiger partial charge on any atom is 0.255 e. The van der Waals surface area contributed by atoms with Crippen molar-refractivity contribution in [2.75, 3.05) is 6.54 Å². The molecule has 7 nitrogen and oxygen atoms in total. The molecule has 2 aromatic carbocycles. The zero-order valence-electron chi connectivity index (χ0n) is 15.8. The smallest absolute Gasteiger partial charge is 0.255 e. The molecule has 0 unspecified atom stereocenters. The highest BCUT2D eigenvalue weighted by Crippen LogP contribution is 2.20. The highest BCUT2D eigenvalue weighted by molar-refractivity contribution is 9.10. The summed E-state index contributed by atoms with van der Waals surface area (Å²) >= 11 is 3.30. The van der Waals surface area contributed by atoms with Gasteiger partial charge in [0.05, 0.1) is 23.3 Å². The average molecular weight is 487 g/mol. The van der Waals surface area contributed by atoms with E-state index in [1.807, 2.05) is 18.2 Å². The minimum absolute atomic E-state index is 0.0522. The third kappa shape index (κ3) is 6.06. The van der Waals surface area contributed by atoms with E-state index in [1.165, 1.54) is 18.3 Å². The molecule has 3 rings (SSSR count). The maximum absolute atomic E-state index is 13.2. The zero-order valence-corrected chi connectivity index (χ0v) is 18.3. The summed E-state index contributed by atoms with van der Waals surface area (Å²) in [7, 11) is -3.90. The Balaban J connectivity index is 1.77. The molecule has 0 aliphatic rings. The van der Waals surface area contributed by atoms with Crippen LogP contribution in [0.25, 0.3) is 0 Å². The van der Waals surface area contributed by atoms with Gasteiger partial charge in [0, 0.05) is 17.2 Å². The first kappa shape index (κ1) is 21.8. The van der Waals surface area contributed by atoms with Crippen LogP contribution in [-0.2, 0) is 21.4 Å². The molecule has 0 saturated carbocycles. The number of hydrazone groups is 1. The fraction of sp³-hybridized carbons (Fsp3) is 0.0952. The number of pyridine rings is 1. The van der Waals surface area contributed by atoms with E-state index in [9.17, 15) is 13.2 Å². The molecule has 0 saturated heterocycles. The Morgan fingerprint density at radius 2 is 1.73 bits per heavy atom. The van der Waals surface area contributed by atoms with Crippen LogP contribution in [0.15, 0.2) is 93.5 Å². The summed E-state index contributed by atoms with van der Waals surface area (Å²) in [6, 6.07) is 20.7. The summed E-state index contributed by atoms with van der Waals surface area (Å²) in [5.74, 6) is -0.557. The van der Waals surface area contributed by atoms with Crippen molar-refractivity contribution in [2.45, 2.75) is 11.4 Å². The second kappa shape index (κ2) is 10.2. The first-order chi connectivity index (χ1) is 14.4. The van der Waals surface area contributed by atoms with Gasteiger partial charge in [-0.15, -0.1) is 0 Å². The Morgan fingerprint density at radius 3 is 2.40 bits per heavy atom. The molecule has 0 fully saturated rings. The number of sulfonamides is 1. The summed E-state index contributed by atoms with van der Waals surface area (Å²) in [6.07, 6.45) is 3.00. The Kier molecular flexibility index (Phi) is 7.45. The van der Waals surface area contributed by atoms with E-state index in [4.69, 9.17) is 0 Å². The monoisotopic (exact) mass is 486 g/mol. The Hall–Kier alpha value is -2.88. The number of nitrogens with one attached hydrogen (secondary N) is 1. The highest BCUT2D eigenvalue weighted by atomic mass is 79.9. The number of halogens is 1. The molecule has 0 aliphatic heterocycles. The first-order valence-corrected chi connectivity index (χ1v) is 11.2. The summed E-state index contributed by atoms with van der Waals surface area (Å²) in [5, 5.41) is 3.85. The van der Waals surface area contributed by atoms with Crippen LogP contribution < -0.4 is 5.43 Å². The van der Waals surface area contributed by atoms with Crippen molar-refractivity contribution in [3.8, 4) is 0 Å². The summed E-state index contributed by atoms with van der Waals surface area (Å²) in [6.45, 7) is -0.330. The standard InChI is InChI=1S/C21H19BrN4O3S/c22-18-9-11-20(12-10-18)30(28,29)26(15-17-6-2-1-3-7-17)16-21(27)25-24-14-19-8-4-5-13-23-19/h1-14H,15-16H2,(H,25,27)/b24-14-. The maximum atomic E-state index is 13.2. The topological polar surface area (TPSA) is 91.7 Å². The van der Waals surface area contributed by atoms with Crippen LogP contribution in [0.3, 0.4) is 0 Å². The van der Waals surface area contributed by atoms with Crippen molar-refractivity contribution >= 4 is 38.1 Å². The second-order valence-electron chi connectivity index (χ2n) is 6.26. The largest absolute Gasteiger partial charge is 0.272 e. The van der Waals surface area contributed by atoms with Gasteiger partial charge in [-0.25, -0.2) is 13.8 Å². The molecule has 0 aliphatic carbocycles. The number of benzene rings is 2. The number of hydrogen-bond acceptors (Lipinski definition) is 5. The predicted molar refractivity (Wildman–Crippen MR) is 118 cm³/mol. The van der Waals surface area contributed by atoms with Crippen LogP contribution in [0.4, 0.5) is 0 Å². The lowest BCUT2D eigenvalue weighted by molar-refractivity contribution is -0.121. The van der Waals surface area contributed by atoms with Crippen LogP contribution in [0.2, 0.25) is 0 Å². The molecule has 1 heterocycles. The van der Waals surface area contributed by atoms with Crippen molar-refractivity contribution < 1.29 is 13.2 Å². The van der Waals surface area contributed by atoms with Crippen molar-refractivity contribution in [1.82, 2.24) is 14.7 Å². The van der Waals surface area contributed by atoms with Gasteiger partial charge in [-0.3, -0.25) is 9.78 Å². The van der Waals surface area contributed by atoms with Gasteiger partial charge >= 0.3 is 0 Å². The molecule has 0 bridgehead atoms. The van der Waals surface area contributed by atoms with E-state index in [-0.39, 0.29) is 18.0 Å². The van der Waals surface area contributed by atoms with E-state index < -0.39 is 15.9 Å². The molecule has 0 radical (unpaired) electrons. The molecule has 1 aromatic heterocycles. The van der Waals surface area contributed by atoms with E-state index in [2.05, 4.69) is 31.4 Å². The van der Waals surface area contributed by atoms with Gasteiger partial charge < -0.3 is 0 Å². The molecule has 0 atom stereocenters. The molecular formula is C21H19BrN4O3S. The van der Waals surface area contributed by atoms with Crippen molar-refractivity contribution in [3.63, 3.8) is 0 Å². The number of hydrogen-bond donors (Lipinski definition) is 1. The summed E-state index contributed by atoms with van der Waals surface area (Å²) < 4.78 is 28.2. The van der Waals surface area contributed by atoms with Gasteiger partial charge in [0.2, 0.25) is 10.0 Å². The minimum Gasteiger partial charge on any atom is -0.272 e. The zero-order chi connectivity index (χ0) is 21.4. The van der Waals surface area contributed by atoms with Gasteiger partial charge in [-0.1, -0.05) is 52.3 Å². The quantitative estimate of drug-likeness (QED) is 0.390. The van der Waals surface area contributed by atoms with Gasteiger partial charge in [0.25, 0.3) is 5.91 Å². The number of nitrogens with zero attached hydrogens (tertiary/aromatic N) is 3. The van der Waals surface area contributed by atoms with Crippen molar-refractivity contribution in [2.24, 2.45) is 5.10 Å². The van der Waals surface area contributed by atoms with Crippen LogP contribution in [0.5, 0.6) is 0 Å². The summed E-state index contributed by atoms with van der Waals surface area (Å²) in [5.41, 5.74) is 3.69. The van der Waals surface area contributed by atoms with Crippen LogP contribution in [0, 0.1) is 0 Å². The fourth-order valence-electron chi connectivity index (χ4n) is 2.59. The van der Waals surface area contributed by atoms with E-state index in [0.29, 0.717) is 5.69 Å². The van der Waals surface area contributed by atoms with Gasteiger partial charge in [-0.05, 0) is 42.0 Å². The SMILES string of the molecule is O=C(CN(Cc1ccccc1)S(=O)(=O)c1ccc(Br)cc1)N/N=C\c1ccccn1. The fourth-order valence-corrected chi connectivity index (χ4v) is 4.24. The van der Waals surface area contributed by atoms with Crippen molar-refractivity contribution in [1.29, 1.82) is 0 Å². The second-order valence-corrected chi connectivity index (χ2v) is 9.11. The van der Waals surface area contributed by atoms with Gasteiger partial charge in [0.15, 0.2) is 0 Å². The number of amides is 1. The molecule has 1 N–H and O–H groups in total. The van der Waals surface area contributed by atoms with E-state index >= 15 is 0 Å². The normalized spacial score (nSPS) is 11.7. The Labute approximate surface area is 183 Å². The third-order valence-corrected chi connectivity index (χ3v) is 6.38. The highest BCUT2D eigenvalue weighted by Gasteiger charge is 2.26. The lowest BCUT2D eigenvalue weighted by Gasteiger charge is -2.21. The van der Waals surface area contributed by atoms with Gasteiger partial charge in [-0.2, -0.15) is 9.41 Å². The number of carbonyl (C=O) groups excluding carboxylic acids is 1. The lowest BCUT2D eigenvalue weighted by Crippen LogP contribution is -2.39. The Morgan fingerprint density at radius 1 is 1.03 bits per heavy atom. The average Bonchev–Trinajstić information content (AvgIpc) is 2.75. The molecular weight excluding hydrogens is 468 g/mol. The third-order valence-electron chi connectivity index (χ3n) is 4.05. The molecule has 1 amide bonds. The first-order valence-electron chi connectivity index (χ1n) is 8.98. The van der Waals surface area contributed by atoms with Crippen LogP contribution >= 0.6 is 15.9 Å². The number of aromatic nitrogens is 1. The van der Waals surface area contributed by atoms with E-state index in [0.717, 1.165) is 14.3 Å². The number of carbonyl (C=O) groups is 1. The van der Waals surface area contributed by atoms with Crippen LogP contribution in [-0.4, -0.2) is 36.4 Å².